The van der Waals surface area contributed by atoms with E-state index in [9.17, 15) is 0 Å². The molecule has 4 aromatic rings. The van der Waals surface area contributed by atoms with Crippen LogP contribution in [-0.2, 0) is 0 Å². The molecule has 5 rings (SSSR count). The van der Waals surface area contributed by atoms with E-state index in [0.29, 0.717) is 0 Å². The summed E-state index contributed by atoms with van der Waals surface area (Å²) in [4.78, 5) is 2.37. The average molecular weight is 504 g/mol. The fourth-order valence-corrected chi connectivity index (χ4v) is 4.70. The first-order chi connectivity index (χ1) is 18.1. The van der Waals surface area contributed by atoms with Gasteiger partial charge in [-0.25, -0.2) is 0 Å². The maximum absolute atomic E-state index is 5.97. The minimum absolute atomic E-state index is 0.0764. The van der Waals surface area contributed by atoms with E-state index in [1.54, 1.807) is 0 Å². The van der Waals surface area contributed by atoms with Crippen molar-refractivity contribution < 1.29 is 0 Å². The van der Waals surface area contributed by atoms with Crippen LogP contribution in [0.3, 0.4) is 0 Å². The van der Waals surface area contributed by atoms with Gasteiger partial charge in [0.15, 0.2) is 0 Å². The Bertz CT molecular complexity index is 1410. The van der Waals surface area contributed by atoms with Crippen LogP contribution in [0.1, 0.15) is 42.1 Å². The lowest BCUT2D eigenvalue weighted by molar-refractivity contribution is 0.724. The average Bonchev–Trinajstić information content (AvgIpc) is 3.40. The number of hydrogen-bond donors (Lipinski definition) is 1. The summed E-state index contributed by atoms with van der Waals surface area (Å²) in [5.41, 5.74) is 11.4. The summed E-state index contributed by atoms with van der Waals surface area (Å²) < 4.78 is 0. The van der Waals surface area contributed by atoms with Crippen LogP contribution in [-0.4, -0.2) is 13.1 Å². The standard InChI is InChI=1S/C33H30ClN3/c1-3-36(4-2)30-22-18-28(19-23-30)33-24-32(35-37(33)31-8-6-5-7-9-31)27-16-12-25(13-17-27)10-11-26-14-20-29(34)21-15-26/h5-9,12-24,33,35H,3-4H2,1-2H3. The van der Waals surface area contributed by atoms with Gasteiger partial charge in [0.05, 0.1) is 17.4 Å². The first kappa shape index (κ1) is 24.6. The maximum atomic E-state index is 5.97. The van der Waals surface area contributed by atoms with E-state index in [4.69, 9.17) is 11.6 Å². The highest BCUT2D eigenvalue weighted by Gasteiger charge is 2.27. The first-order valence-corrected chi connectivity index (χ1v) is 13.1. The Morgan fingerprint density at radius 1 is 0.757 bits per heavy atom. The van der Waals surface area contributed by atoms with E-state index < -0.39 is 0 Å². The summed E-state index contributed by atoms with van der Waals surface area (Å²) >= 11 is 5.97. The molecule has 0 spiro atoms. The highest BCUT2D eigenvalue weighted by Crippen LogP contribution is 2.35. The number of nitrogens with zero attached hydrogens (tertiary/aromatic N) is 2. The quantitative estimate of drug-likeness (QED) is 0.272. The number of para-hydroxylation sites is 1. The number of hydrazine groups is 1. The van der Waals surface area contributed by atoms with Gasteiger partial charge >= 0.3 is 0 Å². The Morgan fingerprint density at radius 3 is 1.95 bits per heavy atom. The Balaban J connectivity index is 1.41. The predicted molar refractivity (Wildman–Crippen MR) is 157 cm³/mol. The van der Waals surface area contributed by atoms with Gasteiger partial charge in [-0.15, -0.1) is 0 Å². The zero-order chi connectivity index (χ0) is 25.6. The number of nitrogens with one attached hydrogen (secondary N) is 1. The maximum Gasteiger partial charge on any atom is 0.0958 e. The number of anilines is 2. The lowest BCUT2D eigenvalue weighted by atomic mass is 10.0. The van der Waals surface area contributed by atoms with Crippen molar-refractivity contribution in [3.05, 3.63) is 136 Å². The fourth-order valence-electron chi connectivity index (χ4n) is 4.57. The molecule has 1 N–H and O–H groups in total. The second-order valence-corrected chi connectivity index (χ2v) is 9.38. The molecule has 0 saturated heterocycles. The van der Waals surface area contributed by atoms with Crippen molar-refractivity contribution in [2.75, 3.05) is 23.0 Å². The normalized spacial score (nSPS) is 14.4. The third kappa shape index (κ3) is 5.66. The molecular weight excluding hydrogens is 474 g/mol. The van der Waals surface area contributed by atoms with Gasteiger partial charge in [-0.1, -0.05) is 65.9 Å². The second kappa shape index (κ2) is 11.3. The molecule has 184 valence electrons. The SMILES string of the molecule is CCN(CC)c1ccc(C2C=C(c3ccc(C#Cc4ccc(Cl)cc4)cc3)NN2c2ccccc2)cc1. The van der Waals surface area contributed by atoms with Gasteiger partial charge in [0, 0.05) is 34.9 Å². The van der Waals surface area contributed by atoms with Gasteiger partial charge in [0.2, 0.25) is 0 Å². The Hall–Kier alpha value is -4.13. The lowest BCUT2D eigenvalue weighted by Crippen LogP contribution is -2.33. The van der Waals surface area contributed by atoms with Crippen molar-refractivity contribution in [2.24, 2.45) is 0 Å². The van der Waals surface area contributed by atoms with E-state index in [2.05, 4.69) is 120 Å². The van der Waals surface area contributed by atoms with Gasteiger partial charge in [-0.2, -0.15) is 0 Å². The molecule has 37 heavy (non-hydrogen) atoms. The van der Waals surface area contributed by atoms with Crippen molar-refractivity contribution in [3.63, 3.8) is 0 Å². The molecule has 3 nitrogen and oxygen atoms in total. The van der Waals surface area contributed by atoms with E-state index in [0.717, 1.165) is 46.2 Å². The monoisotopic (exact) mass is 503 g/mol. The third-order valence-corrected chi connectivity index (χ3v) is 6.88. The van der Waals surface area contributed by atoms with Crippen molar-refractivity contribution in [2.45, 2.75) is 19.9 Å². The van der Waals surface area contributed by atoms with Gasteiger partial charge < -0.3 is 4.90 Å². The zero-order valence-electron chi connectivity index (χ0n) is 21.2. The summed E-state index contributed by atoms with van der Waals surface area (Å²) in [5.74, 6) is 6.45. The van der Waals surface area contributed by atoms with Crippen LogP contribution in [0.15, 0.2) is 109 Å². The van der Waals surface area contributed by atoms with Crippen LogP contribution in [0.5, 0.6) is 0 Å². The summed E-state index contributed by atoms with van der Waals surface area (Å²) in [6.45, 7) is 6.39. The number of halogens is 1. The first-order valence-electron chi connectivity index (χ1n) is 12.7. The number of hydrogen-bond acceptors (Lipinski definition) is 3. The summed E-state index contributed by atoms with van der Waals surface area (Å²) in [6, 6.07) is 35.5. The fraction of sp³-hybridized carbons (Fsp3) is 0.152. The van der Waals surface area contributed by atoms with E-state index in [-0.39, 0.29) is 6.04 Å². The molecule has 0 aliphatic carbocycles. The smallest absolute Gasteiger partial charge is 0.0958 e. The molecule has 0 saturated carbocycles. The van der Waals surface area contributed by atoms with Crippen molar-refractivity contribution in [1.82, 2.24) is 5.43 Å². The zero-order valence-corrected chi connectivity index (χ0v) is 21.9. The summed E-state index contributed by atoms with van der Waals surface area (Å²) in [5, 5.41) is 2.95. The topological polar surface area (TPSA) is 18.5 Å². The van der Waals surface area contributed by atoms with Crippen LogP contribution in [0, 0.1) is 11.8 Å². The Morgan fingerprint density at radius 2 is 1.35 bits per heavy atom. The van der Waals surface area contributed by atoms with Crippen LogP contribution >= 0.6 is 11.6 Å². The number of benzene rings is 4. The van der Waals surface area contributed by atoms with Crippen molar-refractivity contribution in [1.29, 1.82) is 0 Å². The minimum atomic E-state index is 0.0764. The summed E-state index contributed by atoms with van der Waals surface area (Å²) in [6.07, 6.45) is 2.30. The van der Waals surface area contributed by atoms with Gasteiger partial charge in [0.25, 0.3) is 0 Å². The van der Waals surface area contributed by atoms with E-state index in [1.807, 2.05) is 30.3 Å². The molecule has 0 amide bonds. The molecular formula is C33H30ClN3. The molecule has 4 heteroatoms. The second-order valence-electron chi connectivity index (χ2n) is 8.94. The lowest BCUT2D eigenvalue weighted by Gasteiger charge is -2.28. The highest BCUT2D eigenvalue weighted by molar-refractivity contribution is 6.30. The molecule has 1 heterocycles. The predicted octanol–water partition coefficient (Wildman–Crippen LogP) is 7.69. The van der Waals surface area contributed by atoms with Gasteiger partial charge in [-0.3, -0.25) is 10.4 Å². The molecule has 1 atom stereocenters. The largest absolute Gasteiger partial charge is 0.372 e. The van der Waals surface area contributed by atoms with E-state index >= 15 is 0 Å². The molecule has 1 aliphatic heterocycles. The minimum Gasteiger partial charge on any atom is -0.372 e. The Labute approximate surface area is 225 Å². The van der Waals surface area contributed by atoms with Crippen LogP contribution in [0.25, 0.3) is 5.70 Å². The van der Waals surface area contributed by atoms with Gasteiger partial charge in [-0.05, 0) is 91.7 Å². The van der Waals surface area contributed by atoms with Crippen LogP contribution in [0.4, 0.5) is 11.4 Å². The molecule has 0 aromatic heterocycles. The highest BCUT2D eigenvalue weighted by atomic mass is 35.5. The number of rotatable bonds is 6. The third-order valence-electron chi connectivity index (χ3n) is 6.63. The summed E-state index contributed by atoms with van der Waals surface area (Å²) in [7, 11) is 0. The molecule has 0 bridgehead atoms. The molecule has 0 fully saturated rings. The molecule has 1 aliphatic rings. The van der Waals surface area contributed by atoms with Crippen LogP contribution < -0.4 is 15.3 Å². The molecule has 4 aromatic carbocycles. The molecule has 0 radical (unpaired) electrons. The van der Waals surface area contributed by atoms with Crippen molar-refractivity contribution >= 4 is 28.7 Å². The van der Waals surface area contributed by atoms with Gasteiger partial charge in [0.1, 0.15) is 0 Å². The Kier molecular flexibility index (Phi) is 7.49. The molecule has 1 unspecified atom stereocenters. The van der Waals surface area contributed by atoms with Crippen LogP contribution in [0.2, 0.25) is 5.02 Å². The van der Waals surface area contributed by atoms with E-state index in [1.165, 1.54) is 11.3 Å². The van der Waals surface area contributed by atoms with Crippen molar-refractivity contribution in [3.8, 4) is 11.8 Å².